The number of aryl methyl sites for hydroxylation is 1. The predicted octanol–water partition coefficient (Wildman–Crippen LogP) is 12.3. The number of pyridine rings is 2. The maximum atomic E-state index is 4.77. The summed E-state index contributed by atoms with van der Waals surface area (Å²) in [5.74, 6) is 7.20. The minimum atomic E-state index is -1.77. The molecule has 50 heavy (non-hydrogen) atoms. The zero-order chi connectivity index (χ0) is 35.0. The van der Waals surface area contributed by atoms with Crippen molar-refractivity contribution < 1.29 is 20.1 Å². The number of rotatable bonds is 5. The molecule has 0 aliphatic carbocycles. The van der Waals surface area contributed by atoms with Crippen molar-refractivity contribution in [2.45, 2.75) is 64.2 Å². The van der Waals surface area contributed by atoms with E-state index in [0.717, 1.165) is 22.5 Å². The van der Waals surface area contributed by atoms with Crippen molar-refractivity contribution >= 4 is 49.2 Å². The van der Waals surface area contributed by atoms with Gasteiger partial charge in [0.1, 0.15) is 0 Å². The molecule has 257 valence electrons. The molecule has 0 aliphatic heterocycles. The Balaban J connectivity index is 0.000000229. The van der Waals surface area contributed by atoms with Crippen molar-refractivity contribution in [3.63, 3.8) is 0 Å². The average molecular weight is 912 g/mol. The van der Waals surface area contributed by atoms with E-state index in [1.165, 1.54) is 46.8 Å². The molecule has 0 saturated carbocycles. The van der Waals surface area contributed by atoms with E-state index in [1.54, 1.807) is 0 Å². The number of nitrogens with zero attached hydrogens (tertiary/aromatic N) is 2. The Bertz CT molecular complexity index is 2230. The van der Waals surface area contributed by atoms with Gasteiger partial charge < -0.3 is 4.98 Å². The molecule has 0 amide bonds. The summed E-state index contributed by atoms with van der Waals surface area (Å²) in [7, 11) is 0. The molecule has 3 heterocycles. The van der Waals surface area contributed by atoms with E-state index in [1.807, 2.05) is 41.8 Å². The van der Waals surface area contributed by atoms with Crippen LogP contribution in [0.1, 0.15) is 45.7 Å². The van der Waals surface area contributed by atoms with Crippen LogP contribution in [0.5, 0.6) is 0 Å². The largest absolute Gasteiger partial charge is 0 e. The van der Waals surface area contributed by atoms with E-state index in [0.29, 0.717) is 0 Å². The Morgan fingerprint density at radius 3 is 2.08 bits per heavy atom. The van der Waals surface area contributed by atoms with Gasteiger partial charge in [0.25, 0.3) is 0 Å². The zero-order valence-corrected chi connectivity index (χ0v) is 35.9. The number of fused-ring (bicyclic) bond motifs is 3. The van der Waals surface area contributed by atoms with Gasteiger partial charge in [-0.05, 0) is 61.5 Å². The van der Waals surface area contributed by atoms with Gasteiger partial charge in [-0.25, -0.2) is 0 Å². The van der Waals surface area contributed by atoms with Gasteiger partial charge in [-0.2, -0.15) is 11.3 Å². The molecule has 0 saturated heterocycles. The van der Waals surface area contributed by atoms with Crippen molar-refractivity contribution in [2.24, 2.45) is 5.41 Å². The second kappa shape index (κ2) is 15.1. The summed E-state index contributed by atoms with van der Waals surface area (Å²) >= 11 is 0.0621. The molecule has 0 bridgehead atoms. The molecule has 0 fully saturated rings. The normalized spacial score (nSPS) is 11.9. The molecular weight excluding hydrogens is 865 g/mol. The van der Waals surface area contributed by atoms with Gasteiger partial charge in [0.15, 0.2) is 0 Å². The standard InChI is InChI=1S/C30H28NS.C15H18GeN.Ir/c1-29(2,3)30(4,5)22-16-17-31-26(19-22)24-13-9-12-23-25-18-21(20-10-7-6-8-11-20)14-15-27(25)32-28(23)24;1-12-10-15(13-8-6-5-7-9-13)17-11-14(12)16(2,3)4;/h6-12,14-19H,1-5H3;5-8,10-11H,1-4H3;/q2*-1;. The summed E-state index contributed by atoms with van der Waals surface area (Å²) in [4.78, 5) is 9.36. The van der Waals surface area contributed by atoms with E-state index in [-0.39, 0.29) is 30.9 Å². The molecule has 7 aromatic rings. The Morgan fingerprint density at radius 2 is 1.42 bits per heavy atom. The van der Waals surface area contributed by atoms with Crippen molar-refractivity contribution in [2.75, 3.05) is 0 Å². The Hall–Kier alpha value is -3.41. The summed E-state index contributed by atoms with van der Waals surface area (Å²) < 4.78 is 4.04. The second-order valence-electron chi connectivity index (χ2n) is 15.5. The molecule has 0 unspecified atom stereocenters. The van der Waals surface area contributed by atoms with Crippen LogP contribution >= 0.6 is 11.3 Å². The van der Waals surface area contributed by atoms with Gasteiger partial charge in [0.05, 0.1) is 0 Å². The number of hydrogen-bond donors (Lipinski definition) is 0. The molecule has 4 aromatic carbocycles. The quantitative estimate of drug-likeness (QED) is 0.127. The first-order chi connectivity index (χ1) is 23.2. The summed E-state index contributed by atoms with van der Waals surface area (Å²) in [6.07, 6.45) is 4.02. The first-order valence-electron chi connectivity index (χ1n) is 17.1. The minimum absolute atomic E-state index is 0. The maximum absolute atomic E-state index is 4.77. The van der Waals surface area contributed by atoms with Crippen molar-refractivity contribution in [1.82, 2.24) is 9.97 Å². The molecule has 0 spiro atoms. The van der Waals surface area contributed by atoms with Gasteiger partial charge in [0.2, 0.25) is 0 Å². The fourth-order valence-corrected chi connectivity index (χ4v) is 10.9. The van der Waals surface area contributed by atoms with Crippen molar-refractivity contribution in [3.8, 4) is 33.6 Å². The topological polar surface area (TPSA) is 25.8 Å². The zero-order valence-electron chi connectivity index (χ0n) is 30.6. The number of benzene rings is 4. The molecule has 0 atom stereocenters. The van der Waals surface area contributed by atoms with Gasteiger partial charge >= 0.3 is 106 Å². The van der Waals surface area contributed by atoms with E-state index < -0.39 is 13.3 Å². The summed E-state index contributed by atoms with van der Waals surface area (Å²) in [6.45, 7) is 13.7. The van der Waals surface area contributed by atoms with E-state index in [2.05, 4.69) is 161 Å². The maximum Gasteiger partial charge on any atom is 0 e. The van der Waals surface area contributed by atoms with Crippen LogP contribution in [0.2, 0.25) is 17.3 Å². The first kappa shape index (κ1) is 37.8. The molecule has 5 heteroatoms. The van der Waals surface area contributed by atoms with Gasteiger partial charge in [0, 0.05) is 31.0 Å². The third-order valence-corrected chi connectivity index (χ3v) is 15.7. The summed E-state index contributed by atoms with van der Waals surface area (Å²) in [5.41, 5.74) is 9.55. The smallest absolute Gasteiger partial charge is 0 e. The van der Waals surface area contributed by atoms with Crippen molar-refractivity contribution in [3.05, 3.63) is 139 Å². The van der Waals surface area contributed by atoms with Crippen LogP contribution in [0.4, 0.5) is 0 Å². The molecule has 0 N–H and O–H groups in total. The summed E-state index contributed by atoms with van der Waals surface area (Å²) in [6, 6.07) is 42.9. The number of hydrogen-bond acceptors (Lipinski definition) is 3. The SMILES string of the molecule is CC(C)(C)C(C)(C)c1ccnc(-c2[c-]ccc3c2sc2ccc(-c4ccccc4)cc23)c1.Cc1cc(-c2[c-]cccc2)nc[c]1[Ge]([CH3])([CH3])[CH3].[Ir]. The Labute approximate surface area is 319 Å². The molecule has 7 rings (SSSR count). The number of aromatic nitrogens is 2. The summed E-state index contributed by atoms with van der Waals surface area (Å²) in [5, 5.41) is 2.58. The van der Waals surface area contributed by atoms with Crippen LogP contribution in [-0.2, 0) is 25.5 Å². The van der Waals surface area contributed by atoms with Crippen LogP contribution in [0.15, 0.2) is 116 Å². The Kier molecular flexibility index (Phi) is 11.4. The molecule has 3 aromatic heterocycles. The monoisotopic (exact) mass is 913 g/mol. The van der Waals surface area contributed by atoms with Gasteiger partial charge in [-0.1, -0.05) is 82.5 Å². The average Bonchev–Trinajstić information content (AvgIpc) is 3.46. The van der Waals surface area contributed by atoms with E-state index in [9.17, 15) is 0 Å². The third kappa shape index (κ3) is 7.90. The Morgan fingerprint density at radius 1 is 0.680 bits per heavy atom. The van der Waals surface area contributed by atoms with Crippen LogP contribution in [0.3, 0.4) is 0 Å². The number of thiophene rings is 1. The van der Waals surface area contributed by atoms with Crippen LogP contribution in [0.25, 0.3) is 53.8 Å². The molecule has 0 aliphatic rings. The molecule has 2 nitrogen and oxygen atoms in total. The molecule has 1 radical (unpaired) electrons. The van der Waals surface area contributed by atoms with Gasteiger partial charge in [-0.15, -0.1) is 23.8 Å². The minimum Gasteiger partial charge on any atom is 0 e. The first-order valence-corrected chi connectivity index (χ1v) is 25.2. The third-order valence-electron chi connectivity index (χ3n) is 10.1. The predicted molar refractivity (Wildman–Crippen MR) is 216 cm³/mol. The van der Waals surface area contributed by atoms with Crippen LogP contribution in [0, 0.1) is 24.5 Å². The van der Waals surface area contributed by atoms with E-state index >= 15 is 0 Å². The fourth-order valence-electron chi connectivity index (χ4n) is 6.17. The van der Waals surface area contributed by atoms with E-state index in [4.69, 9.17) is 4.98 Å². The molecular formula is C45H46GeIrN2S-2. The fraction of sp³-hybridized carbons (Fsp3) is 0.244. The van der Waals surface area contributed by atoms with Crippen LogP contribution in [-0.4, -0.2) is 23.2 Å². The van der Waals surface area contributed by atoms with Crippen LogP contribution < -0.4 is 4.40 Å². The van der Waals surface area contributed by atoms with Crippen molar-refractivity contribution in [1.29, 1.82) is 0 Å². The van der Waals surface area contributed by atoms with Gasteiger partial charge in [-0.3, -0.25) is 0 Å². The second-order valence-corrected chi connectivity index (χ2v) is 27.1.